The number of carbonyl (C=O) groups is 2. The molecule has 1 aliphatic carbocycles. The van der Waals surface area contributed by atoms with Gasteiger partial charge in [0.05, 0.1) is 5.56 Å². The Morgan fingerprint density at radius 3 is 2.77 bits per heavy atom. The van der Waals surface area contributed by atoms with Crippen molar-refractivity contribution in [1.29, 1.82) is 0 Å². The minimum Gasteiger partial charge on any atom is -0.452 e. The number of hydrogen-bond acceptors (Lipinski definition) is 4. The number of benzene rings is 1. The van der Waals surface area contributed by atoms with Crippen molar-refractivity contribution in [2.75, 3.05) is 13.2 Å². The van der Waals surface area contributed by atoms with E-state index in [1.807, 2.05) is 6.92 Å². The highest BCUT2D eigenvalue weighted by Crippen LogP contribution is 2.21. The number of amides is 1. The molecule has 0 atom stereocenters. The number of carbonyl (C=O) groups excluding carboxylic acids is 2. The zero-order valence-electron chi connectivity index (χ0n) is 14.8. The van der Waals surface area contributed by atoms with E-state index in [1.165, 1.54) is 6.07 Å². The zero-order valence-corrected chi connectivity index (χ0v) is 14.8. The van der Waals surface area contributed by atoms with Crippen molar-refractivity contribution >= 4 is 22.8 Å². The predicted molar refractivity (Wildman–Crippen MR) is 98.8 cm³/mol. The number of esters is 1. The maximum absolute atomic E-state index is 12.5. The number of rotatable bonds is 5. The number of ether oxygens (including phenoxy) is 1. The van der Waals surface area contributed by atoms with Crippen molar-refractivity contribution in [3.8, 4) is 0 Å². The molecule has 0 saturated heterocycles. The van der Waals surface area contributed by atoms with Gasteiger partial charge in [0.1, 0.15) is 0 Å². The molecule has 1 aromatic heterocycles. The molecule has 1 aromatic carbocycles. The number of allylic oxidation sites excluding steroid dienone is 2. The number of hydrogen-bond donors (Lipinski definition) is 1. The number of nitrogens with one attached hydrogen (secondary N) is 1. The van der Waals surface area contributed by atoms with Gasteiger partial charge in [-0.2, -0.15) is 0 Å². The van der Waals surface area contributed by atoms with Crippen molar-refractivity contribution in [3.63, 3.8) is 0 Å². The molecule has 1 aliphatic rings. The minimum atomic E-state index is -0.672. The summed E-state index contributed by atoms with van der Waals surface area (Å²) in [4.78, 5) is 41.0. The predicted octanol–water partition coefficient (Wildman–Crippen LogP) is 2.99. The van der Waals surface area contributed by atoms with Gasteiger partial charge in [-0.3, -0.25) is 9.59 Å². The molecule has 0 unspecified atom stereocenters. The van der Waals surface area contributed by atoms with Gasteiger partial charge in [0, 0.05) is 29.2 Å². The summed E-state index contributed by atoms with van der Waals surface area (Å²) in [6.07, 6.45) is 6.12. The van der Waals surface area contributed by atoms with E-state index in [9.17, 15) is 14.4 Å². The number of para-hydroxylation sites is 1. The Kier molecular flexibility index (Phi) is 5.51. The Labute approximate surface area is 151 Å². The topological polar surface area (TPSA) is 79.5 Å². The molecule has 1 amide bonds. The fourth-order valence-electron chi connectivity index (χ4n) is 3.26. The van der Waals surface area contributed by atoms with Gasteiger partial charge in [0.15, 0.2) is 6.61 Å². The van der Waals surface area contributed by atoms with Crippen LogP contribution < -0.4 is 5.56 Å². The number of H-pyrrole nitrogens is 1. The maximum atomic E-state index is 12.5. The quantitative estimate of drug-likeness (QED) is 0.837. The van der Waals surface area contributed by atoms with Crippen molar-refractivity contribution in [2.24, 2.45) is 0 Å². The van der Waals surface area contributed by atoms with Crippen LogP contribution >= 0.6 is 0 Å². The number of fused-ring (bicyclic) bond motifs is 1. The number of pyridine rings is 1. The monoisotopic (exact) mass is 354 g/mol. The van der Waals surface area contributed by atoms with Crippen molar-refractivity contribution in [2.45, 2.75) is 32.6 Å². The lowest BCUT2D eigenvalue weighted by atomic mass is 10.0. The van der Waals surface area contributed by atoms with E-state index in [4.69, 9.17) is 4.74 Å². The van der Waals surface area contributed by atoms with Crippen molar-refractivity contribution in [3.05, 3.63) is 58.0 Å². The summed E-state index contributed by atoms with van der Waals surface area (Å²) in [5.74, 6) is -0.919. The highest BCUT2D eigenvalue weighted by molar-refractivity contribution is 6.03. The molecule has 1 heterocycles. The Balaban J connectivity index is 1.73. The first-order valence-corrected chi connectivity index (χ1v) is 8.88. The van der Waals surface area contributed by atoms with Crippen LogP contribution in [0, 0.1) is 0 Å². The van der Waals surface area contributed by atoms with Gasteiger partial charge in [0.25, 0.3) is 5.91 Å². The molecule has 136 valence electrons. The van der Waals surface area contributed by atoms with Crippen molar-refractivity contribution in [1.82, 2.24) is 9.88 Å². The Morgan fingerprint density at radius 2 is 2.04 bits per heavy atom. The summed E-state index contributed by atoms with van der Waals surface area (Å²) in [7, 11) is 0. The number of likely N-dealkylation sites (N-methyl/N-ethyl adjacent to an activating group) is 1. The first-order valence-electron chi connectivity index (χ1n) is 8.88. The molecule has 2 aromatic rings. The highest BCUT2D eigenvalue weighted by Gasteiger charge is 2.20. The Hall–Kier alpha value is -2.89. The zero-order chi connectivity index (χ0) is 18.5. The standard InChI is InChI=1S/C20H22N2O4/c1-2-22(14-8-4-3-5-9-14)19(24)13-26-20(25)16-12-18(23)21-17-11-7-6-10-15(16)17/h6-8,10-12H,2-5,9,13H2,1H3,(H,21,23). The summed E-state index contributed by atoms with van der Waals surface area (Å²) in [5.41, 5.74) is 1.34. The molecular weight excluding hydrogens is 332 g/mol. The van der Waals surface area contributed by atoms with Crippen LogP contribution in [0.3, 0.4) is 0 Å². The van der Waals surface area contributed by atoms with E-state index in [1.54, 1.807) is 29.2 Å². The van der Waals surface area contributed by atoms with E-state index in [0.29, 0.717) is 17.4 Å². The van der Waals surface area contributed by atoms with Crippen LogP contribution in [0.2, 0.25) is 0 Å². The lowest BCUT2D eigenvalue weighted by Crippen LogP contribution is -2.34. The molecule has 0 bridgehead atoms. The lowest BCUT2D eigenvalue weighted by Gasteiger charge is -2.26. The van der Waals surface area contributed by atoms with E-state index in [-0.39, 0.29) is 23.6 Å². The van der Waals surface area contributed by atoms with E-state index < -0.39 is 5.97 Å². The molecule has 26 heavy (non-hydrogen) atoms. The molecule has 0 spiro atoms. The molecule has 6 nitrogen and oxygen atoms in total. The largest absolute Gasteiger partial charge is 0.452 e. The smallest absolute Gasteiger partial charge is 0.339 e. The first-order chi connectivity index (χ1) is 12.6. The third kappa shape index (κ3) is 3.85. The molecule has 3 rings (SSSR count). The average Bonchev–Trinajstić information content (AvgIpc) is 2.66. The Morgan fingerprint density at radius 1 is 1.23 bits per heavy atom. The van der Waals surface area contributed by atoms with Crippen molar-refractivity contribution < 1.29 is 14.3 Å². The van der Waals surface area contributed by atoms with E-state index >= 15 is 0 Å². The van der Waals surface area contributed by atoms with Gasteiger partial charge in [0.2, 0.25) is 5.56 Å². The Bertz CT molecular complexity index is 913. The first kappa shape index (κ1) is 17.9. The molecule has 0 radical (unpaired) electrons. The van der Waals surface area contributed by atoms with Gasteiger partial charge >= 0.3 is 5.97 Å². The summed E-state index contributed by atoms with van der Waals surface area (Å²) in [6, 6.07) is 8.20. The minimum absolute atomic E-state index is 0.164. The second kappa shape index (κ2) is 7.99. The number of aromatic nitrogens is 1. The SMILES string of the molecule is CCN(C(=O)COC(=O)c1cc(=O)[nH]c2ccccc12)C1=CCCCC1. The molecule has 1 N–H and O–H groups in total. The summed E-state index contributed by atoms with van der Waals surface area (Å²) in [5, 5.41) is 0.590. The summed E-state index contributed by atoms with van der Waals surface area (Å²) >= 11 is 0. The number of aromatic amines is 1. The van der Waals surface area contributed by atoms with Gasteiger partial charge in [-0.25, -0.2) is 4.79 Å². The molecule has 6 heteroatoms. The number of nitrogens with zero attached hydrogens (tertiary/aromatic N) is 1. The third-order valence-electron chi connectivity index (χ3n) is 4.53. The molecule has 0 aliphatic heterocycles. The van der Waals surface area contributed by atoms with Crippen LogP contribution in [0.5, 0.6) is 0 Å². The van der Waals surface area contributed by atoms with E-state index in [0.717, 1.165) is 31.4 Å². The van der Waals surface area contributed by atoms with Gasteiger partial charge < -0.3 is 14.6 Å². The van der Waals surface area contributed by atoms with Crippen LogP contribution in [-0.4, -0.2) is 34.9 Å². The second-order valence-corrected chi connectivity index (χ2v) is 6.25. The van der Waals surface area contributed by atoms with Crippen LogP contribution in [0.25, 0.3) is 10.9 Å². The summed E-state index contributed by atoms with van der Waals surface area (Å²) < 4.78 is 5.22. The second-order valence-electron chi connectivity index (χ2n) is 6.25. The van der Waals surface area contributed by atoms with Gasteiger partial charge in [-0.05, 0) is 38.7 Å². The summed E-state index contributed by atoms with van der Waals surface area (Å²) in [6.45, 7) is 2.10. The average molecular weight is 354 g/mol. The van der Waals surface area contributed by atoms with Crippen LogP contribution in [-0.2, 0) is 9.53 Å². The van der Waals surface area contributed by atoms with Gasteiger partial charge in [-0.1, -0.05) is 24.3 Å². The molecule has 0 saturated carbocycles. The van der Waals surface area contributed by atoms with Crippen LogP contribution in [0.1, 0.15) is 43.0 Å². The normalized spacial score (nSPS) is 14.0. The molecule has 0 fully saturated rings. The fraction of sp³-hybridized carbons (Fsp3) is 0.350. The van der Waals surface area contributed by atoms with Crippen LogP contribution in [0.15, 0.2) is 46.9 Å². The highest BCUT2D eigenvalue weighted by atomic mass is 16.5. The van der Waals surface area contributed by atoms with Gasteiger partial charge in [-0.15, -0.1) is 0 Å². The lowest BCUT2D eigenvalue weighted by molar-refractivity contribution is -0.132. The molecular formula is C20H22N2O4. The fourth-order valence-corrected chi connectivity index (χ4v) is 3.26. The third-order valence-corrected chi connectivity index (χ3v) is 4.53. The van der Waals surface area contributed by atoms with E-state index in [2.05, 4.69) is 11.1 Å². The maximum Gasteiger partial charge on any atom is 0.339 e. The van der Waals surface area contributed by atoms with Crippen LogP contribution in [0.4, 0.5) is 0 Å².